The van der Waals surface area contributed by atoms with E-state index in [1.54, 1.807) is 0 Å². The number of aliphatic hydroxyl groups excluding tert-OH is 1. The Kier molecular flexibility index (Phi) is 72.4. The maximum atomic E-state index is 13.1. The van der Waals surface area contributed by atoms with E-state index in [0.29, 0.717) is 25.7 Å². The van der Waals surface area contributed by atoms with E-state index in [1.165, 1.54) is 25.7 Å². The van der Waals surface area contributed by atoms with E-state index in [9.17, 15) is 43.2 Å². The fraction of sp³-hybridized carbons (Fsp3) is 0.671. The summed E-state index contributed by atoms with van der Waals surface area (Å²) >= 11 is 0. The van der Waals surface area contributed by atoms with Crippen LogP contribution in [0.2, 0.25) is 0 Å². The summed E-state index contributed by atoms with van der Waals surface area (Å²) in [6.45, 7) is 4.49. The minimum absolute atomic E-state index is 0.0669. The number of hydrogen-bond acceptors (Lipinski definition) is 15. The molecule has 0 heterocycles. The lowest BCUT2D eigenvalue weighted by Gasteiger charge is -2.21. The first kappa shape index (κ1) is 98.9. The summed E-state index contributed by atoms with van der Waals surface area (Å²) in [5.41, 5.74) is 0. The van der Waals surface area contributed by atoms with E-state index in [4.69, 9.17) is 37.0 Å². The molecule has 0 aliphatic heterocycles. The van der Waals surface area contributed by atoms with Crippen molar-refractivity contribution in [3.8, 4) is 0 Å². The molecule has 0 aliphatic rings. The number of phosphoric acid groups is 2. The Morgan fingerprint density at radius 1 is 0.279 bits per heavy atom. The quantitative estimate of drug-likeness (QED) is 0.0169. The van der Waals surface area contributed by atoms with Crippen molar-refractivity contribution < 1.29 is 80.2 Å². The highest BCUT2D eigenvalue weighted by molar-refractivity contribution is 7.47. The van der Waals surface area contributed by atoms with E-state index in [2.05, 4.69) is 174 Å². The molecule has 0 spiro atoms. The number of unbranched alkanes of at least 4 members (excludes halogenated alkanes) is 24. The fourth-order valence-corrected chi connectivity index (χ4v) is 11.8. The number of allylic oxidation sites excluding steroid dienone is 24. The van der Waals surface area contributed by atoms with Gasteiger partial charge < -0.3 is 33.8 Å². The number of carbonyl (C=O) groups is 4. The lowest BCUT2D eigenvalue weighted by molar-refractivity contribution is -0.161. The van der Waals surface area contributed by atoms with Gasteiger partial charge in [0.1, 0.15) is 19.3 Å². The van der Waals surface area contributed by atoms with Crippen molar-refractivity contribution in [3.63, 3.8) is 0 Å². The molecule has 5 unspecified atom stereocenters. The van der Waals surface area contributed by atoms with Crippen LogP contribution in [0.15, 0.2) is 146 Å². The van der Waals surface area contributed by atoms with Crippen LogP contribution in [0.5, 0.6) is 0 Å². The lowest BCUT2D eigenvalue weighted by Crippen LogP contribution is -2.30. The second-order valence-electron chi connectivity index (χ2n) is 26.2. The molecule has 3 N–H and O–H groups in total. The molecular weight excluding hydrogens is 1350 g/mol. The van der Waals surface area contributed by atoms with Gasteiger partial charge in [-0.15, -0.1) is 0 Å². The summed E-state index contributed by atoms with van der Waals surface area (Å²) in [4.78, 5) is 73.0. The highest BCUT2D eigenvalue weighted by Gasteiger charge is 2.30. The van der Waals surface area contributed by atoms with Crippen LogP contribution in [0.4, 0.5) is 0 Å². The zero-order chi connectivity index (χ0) is 76.0. The number of rotatable bonds is 74. The van der Waals surface area contributed by atoms with Crippen molar-refractivity contribution in [2.75, 3.05) is 39.6 Å². The molecule has 0 aromatic heterocycles. The Hall–Kier alpha value is -5.06. The second-order valence-corrected chi connectivity index (χ2v) is 29.1. The van der Waals surface area contributed by atoms with Crippen LogP contribution in [0, 0.1) is 0 Å². The zero-order valence-corrected chi connectivity index (χ0v) is 66.7. The van der Waals surface area contributed by atoms with E-state index >= 15 is 0 Å². The van der Waals surface area contributed by atoms with E-state index in [1.807, 2.05) is 0 Å². The van der Waals surface area contributed by atoms with Gasteiger partial charge in [0.05, 0.1) is 26.4 Å². The first-order valence-corrected chi connectivity index (χ1v) is 43.1. The van der Waals surface area contributed by atoms with Crippen LogP contribution in [-0.4, -0.2) is 96.7 Å². The average molecular weight is 1500 g/mol. The topological polar surface area (TPSA) is 237 Å². The molecule has 19 heteroatoms. The first-order chi connectivity index (χ1) is 50.7. The van der Waals surface area contributed by atoms with Crippen molar-refractivity contribution in [1.82, 2.24) is 0 Å². The maximum absolute atomic E-state index is 13.1. The molecule has 0 saturated carbocycles. The van der Waals surface area contributed by atoms with Gasteiger partial charge in [-0.05, 0) is 161 Å². The molecule has 0 fully saturated rings. The molecule has 0 aliphatic carbocycles. The normalized spacial score (nSPS) is 14.6. The zero-order valence-electron chi connectivity index (χ0n) is 64.9. The van der Waals surface area contributed by atoms with Gasteiger partial charge in [-0.25, -0.2) is 9.13 Å². The monoisotopic (exact) mass is 1500 g/mol. The highest BCUT2D eigenvalue weighted by atomic mass is 31.2. The molecule has 0 aromatic rings. The second kappa shape index (κ2) is 76.1. The highest BCUT2D eigenvalue weighted by Crippen LogP contribution is 2.45. The Morgan fingerprint density at radius 3 is 0.827 bits per heavy atom. The van der Waals surface area contributed by atoms with Gasteiger partial charge in [0.25, 0.3) is 0 Å². The third kappa shape index (κ3) is 75.2. The summed E-state index contributed by atoms with van der Waals surface area (Å²) in [5.74, 6) is -2.25. The Balaban J connectivity index is 5.38. The Morgan fingerprint density at radius 2 is 0.519 bits per heavy atom. The van der Waals surface area contributed by atoms with Crippen LogP contribution in [0.1, 0.15) is 310 Å². The van der Waals surface area contributed by atoms with Crippen molar-refractivity contribution in [1.29, 1.82) is 0 Å². The molecule has 594 valence electrons. The summed E-state index contributed by atoms with van der Waals surface area (Å²) in [6.07, 6.45) is 86.8. The minimum atomic E-state index is -4.99. The lowest BCUT2D eigenvalue weighted by atomic mass is 10.1. The van der Waals surface area contributed by atoms with Crippen molar-refractivity contribution >= 4 is 39.5 Å². The van der Waals surface area contributed by atoms with Gasteiger partial charge >= 0.3 is 39.5 Å². The largest absolute Gasteiger partial charge is 0.472 e. The predicted molar refractivity (Wildman–Crippen MR) is 427 cm³/mol. The van der Waals surface area contributed by atoms with Gasteiger partial charge in [0.2, 0.25) is 0 Å². The van der Waals surface area contributed by atoms with E-state index in [0.717, 1.165) is 205 Å². The molecule has 0 aromatic carbocycles. The molecule has 5 atom stereocenters. The third-order valence-electron chi connectivity index (χ3n) is 16.2. The van der Waals surface area contributed by atoms with Gasteiger partial charge in [0, 0.05) is 25.7 Å². The summed E-state index contributed by atoms with van der Waals surface area (Å²) in [7, 11) is -9.98. The number of phosphoric ester groups is 2. The van der Waals surface area contributed by atoms with Crippen LogP contribution >= 0.6 is 15.6 Å². The molecule has 0 saturated heterocycles. The van der Waals surface area contributed by atoms with Gasteiger partial charge in [-0.1, -0.05) is 270 Å². The van der Waals surface area contributed by atoms with Gasteiger partial charge in [-0.2, -0.15) is 0 Å². The van der Waals surface area contributed by atoms with Crippen molar-refractivity contribution in [2.24, 2.45) is 0 Å². The summed E-state index contributed by atoms with van der Waals surface area (Å²) in [5, 5.41) is 10.6. The average Bonchev–Trinajstić information content (AvgIpc) is 0.913. The van der Waals surface area contributed by atoms with Gasteiger partial charge in [-0.3, -0.25) is 37.3 Å². The first-order valence-electron chi connectivity index (χ1n) is 40.1. The fourth-order valence-electron chi connectivity index (χ4n) is 10.2. The SMILES string of the molecule is CC/C=C\C/C=C\C/C=C\C/C=C\C/C=C\CCCCCC(=O)OCC(COP(=O)(O)OCC(O)COP(=O)(O)OCC(COC(=O)CCCCCCCC/C=C\C/C=C\C/C=C\C/C=C\CC)OC(=O)CCCCCCC/C=C\CCCCCC)OC(=O)CCCCCCC/C=C\C/C=C\CCC. The number of hydrogen-bond donors (Lipinski definition) is 3. The molecule has 0 rings (SSSR count). The third-order valence-corrected chi connectivity index (χ3v) is 18.2. The molecule has 104 heavy (non-hydrogen) atoms. The van der Waals surface area contributed by atoms with Crippen molar-refractivity contribution in [2.45, 2.75) is 329 Å². The number of esters is 4. The van der Waals surface area contributed by atoms with Crippen LogP contribution in [-0.2, 0) is 65.4 Å². The maximum Gasteiger partial charge on any atom is 0.472 e. The number of carbonyl (C=O) groups excluding carboxylic acids is 4. The Bertz CT molecular complexity index is 2540. The summed E-state index contributed by atoms with van der Waals surface area (Å²) < 4.78 is 68.6. The molecule has 0 bridgehead atoms. The predicted octanol–water partition coefficient (Wildman–Crippen LogP) is 23.4. The summed E-state index contributed by atoms with van der Waals surface area (Å²) in [6, 6.07) is 0. The Labute approximate surface area is 630 Å². The van der Waals surface area contributed by atoms with Crippen LogP contribution < -0.4 is 0 Å². The molecule has 17 nitrogen and oxygen atoms in total. The van der Waals surface area contributed by atoms with Crippen LogP contribution in [0.25, 0.3) is 0 Å². The molecular formula is C85H142O17P2. The smallest absolute Gasteiger partial charge is 0.462 e. The van der Waals surface area contributed by atoms with Crippen LogP contribution in [0.3, 0.4) is 0 Å². The van der Waals surface area contributed by atoms with E-state index < -0.39 is 97.5 Å². The number of ether oxygens (including phenoxy) is 4. The number of aliphatic hydroxyl groups is 1. The van der Waals surface area contributed by atoms with Gasteiger partial charge in [0.15, 0.2) is 12.2 Å². The standard InChI is InChI=1S/C85H142O17P2/c1-5-9-13-17-21-25-29-33-35-37-39-41-43-47-49-53-57-61-65-69-82(87)95-75-80(101-84(89)71-67-63-59-55-51-45-31-27-23-19-15-11-7-3)77-99-103(91,92)97-73-79(86)74-98-104(93,94)100-78-81(102-85(90)72-68-64-60-56-52-46-32-28-24-20-16-12-8-4)76-96-83(88)70-66-62-58-54-50-48-44-42-40-38-36-34-30-26-22-18-14-10-6-2/h9-10,13-15,19,21-22,25-28,31-36,39-42,47,49,79-81,86H,5-8,11-12,16-18,20,23-24,29-30,37-38,43-46,48,50-78H2,1-4H3,(H,91,92)(H,93,94)/b13-9-,14-10-,19-15-,25-21-,26-22-,31-27-,32-28-,35-33-,36-34-,41-39-,42-40-,49-47-. The van der Waals surface area contributed by atoms with E-state index in [-0.39, 0.29) is 25.7 Å². The van der Waals surface area contributed by atoms with Crippen molar-refractivity contribution in [3.05, 3.63) is 146 Å². The molecule has 0 radical (unpaired) electrons. The minimum Gasteiger partial charge on any atom is -0.462 e. The molecule has 0 amide bonds.